The summed E-state index contributed by atoms with van der Waals surface area (Å²) in [5, 5.41) is 8.45. The maximum Gasteiger partial charge on any atom is 0.416 e. The van der Waals surface area contributed by atoms with Crippen molar-refractivity contribution in [3.05, 3.63) is 64.9 Å². The molecule has 4 aromatic rings. The van der Waals surface area contributed by atoms with Gasteiger partial charge in [-0.05, 0) is 36.4 Å². The maximum atomic E-state index is 12.8. The molecule has 11 heteroatoms. The number of hydrogen-bond acceptors (Lipinski definition) is 6. The van der Waals surface area contributed by atoms with Crippen molar-refractivity contribution in [3.63, 3.8) is 0 Å². The second-order valence-corrected chi connectivity index (χ2v) is 7.24. The summed E-state index contributed by atoms with van der Waals surface area (Å²) in [6, 6.07) is 8.36. The van der Waals surface area contributed by atoms with Crippen LogP contribution in [0.3, 0.4) is 0 Å². The Labute approximate surface area is 170 Å². The number of Topliss-reactive ketones (excluding diaryl/α,β-unsaturated/α-hetero) is 1. The lowest BCUT2D eigenvalue weighted by atomic mass is 10.1. The van der Waals surface area contributed by atoms with Crippen LogP contribution < -0.4 is 0 Å². The molecule has 0 saturated carbocycles. The highest BCUT2D eigenvalue weighted by Crippen LogP contribution is 2.31. The molecule has 0 radical (unpaired) electrons. The highest BCUT2D eigenvalue weighted by atomic mass is 35.5. The van der Waals surface area contributed by atoms with Crippen LogP contribution in [0.25, 0.3) is 17.2 Å². The summed E-state index contributed by atoms with van der Waals surface area (Å²) in [6.45, 7) is 0. The van der Waals surface area contributed by atoms with E-state index < -0.39 is 11.7 Å². The van der Waals surface area contributed by atoms with Gasteiger partial charge in [-0.2, -0.15) is 13.2 Å². The number of halogens is 4. The molecule has 1 aromatic carbocycles. The van der Waals surface area contributed by atoms with E-state index in [4.69, 9.17) is 16.0 Å². The highest BCUT2D eigenvalue weighted by molar-refractivity contribution is 7.99. The number of carbonyl (C=O) groups is 1. The quantitative estimate of drug-likeness (QED) is 0.321. The van der Waals surface area contributed by atoms with Gasteiger partial charge in [-0.3, -0.25) is 9.20 Å². The van der Waals surface area contributed by atoms with Gasteiger partial charge in [0.1, 0.15) is 11.3 Å². The lowest BCUT2D eigenvalue weighted by molar-refractivity contribution is -0.137. The molecule has 148 valence electrons. The number of rotatable bonds is 5. The summed E-state index contributed by atoms with van der Waals surface area (Å²) >= 11 is 6.86. The molecular formula is C18H10ClF3N4O2S. The van der Waals surface area contributed by atoms with E-state index in [1.165, 1.54) is 16.8 Å². The van der Waals surface area contributed by atoms with Crippen molar-refractivity contribution in [2.45, 2.75) is 11.4 Å². The number of alkyl halides is 3. The van der Waals surface area contributed by atoms with Crippen LogP contribution in [0.4, 0.5) is 13.2 Å². The summed E-state index contributed by atoms with van der Waals surface area (Å²) in [5.74, 6) is 0.0188. The molecule has 6 nitrogen and oxygen atoms in total. The van der Waals surface area contributed by atoms with E-state index in [2.05, 4.69) is 15.2 Å². The minimum atomic E-state index is -4.46. The van der Waals surface area contributed by atoms with Gasteiger partial charge in [-0.15, -0.1) is 10.2 Å². The average Bonchev–Trinajstić information content (AvgIpc) is 3.32. The van der Waals surface area contributed by atoms with Gasteiger partial charge < -0.3 is 4.42 Å². The number of nitrogens with zero attached hydrogens (tertiary/aromatic N) is 4. The predicted octanol–water partition coefficient (Wildman–Crippen LogP) is 5.03. The third-order valence-electron chi connectivity index (χ3n) is 3.96. The number of hydrogen-bond donors (Lipinski definition) is 0. The van der Waals surface area contributed by atoms with E-state index in [9.17, 15) is 18.0 Å². The number of pyridine rings is 1. The molecule has 0 saturated heterocycles. The van der Waals surface area contributed by atoms with Crippen LogP contribution in [0.15, 0.2) is 58.4 Å². The normalized spacial score (nSPS) is 11.9. The first kappa shape index (κ1) is 19.5. The molecule has 0 spiro atoms. The number of ketones is 1. The number of fused-ring (bicyclic) bond motifs is 1. The predicted molar refractivity (Wildman–Crippen MR) is 100.0 cm³/mol. The largest absolute Gasteiger partial charge is 0.416 e. The van der Waals surface area contributed by atoms with Crippen LogP contribution in [-0.4, -0.2) is 31.1 Å². The van der Waals surface area contributed by atoms with Crippen LogP contribution >= 0.6 is 23.4 Å². The number of imidazole rings is 1. The van der Waals surface area contributed by atoms with Crippen LogP contribution in [0.2, 0.25) is 5.02 Å². The van der Waals surface area contributed by atoms with E-state index in [1.807, 2.05) is 0 Å². The maximum absolute atomic E-state index is 12.8. The fraction of sp³-hybridized carbons (Fsp3) is 0.111. The zero-order chi connectivity index (χ0) is 20.6. The van der Waals surface area contributed by atoms with Gasteiger partial charge >= 0.3 is 6.18 Å². The van der Waals surface area contributed by atoms with Crippen LogP contribution in [0.5, 0.6) is 0 Å². The van der Waals surface area contributed by atoms with Crippen molar-refractivity contribution < 1.29 is 22.4 Å². The topological polar surface area (TPSA) is 73.3 Å². The molecule has 4 rings (SSSR count). The molecule has 0 N–H and O–H groups in total. The SMILES string of the molecule is O=C(CSc1nnc(-c2cnc3cc(C(F)(F)F)ccn23)o1)c1ccc(Cl)cc1. The Morgan fingerprint density at radius 3 is 2.66 bits per heavy atom. The van der Waals surface area contributed by atoms with Gasteiger partial charge in [0.05, 0.1) is 17.5 Å². The minimum absolute atomic E-state index is 0.0748. The van der Waals surface area contributed by atoms with Crippen molar-refractivity contribution in [1.82, 2.24) is 19.6 Å². The fourth-order valence-corrected chi connectivity index (χ4v) is 3.32. The second kappa shape index (κ2) is 7.53. The smallest absolute Gasteiger partial charge is 0.410 e. The molecule has 0 bridgehead atoms. The molecule has 0 amide bonds. The number of aromatic nitrogens is 4. The van der Waals surface area contributed by atoms with E-state index >= 15 is 0 Å². The molecule has 0 aliphatic rings. The number of carbonyl (C=O) groups excluding carboxylic acids is 1. The van der Waals surface area contributed by atoms with Gasteiger partial charge in [0.2, 0.25) is 0 Å². The molecule has 0 atom stereocenters. The highest BCUT2D eigenvalue weighted by Gasteiger charge is 2.31. The molecule has 3 heterocycles. The Balaban J connectivity index is 1.50. The van der Waals surface area contributed by atoms with Gasteiger partial charge in [-0.25, -0.2) is 4.98 Å². The average molecular weight is 439 g/mol. The first-order valence-electron chi connectivity index (χ1n) is 8.11. The lowest BCUT2D eigenvalue weighted by Crippen LogP contribution is -2.05. The Morgan fingerprint density at radius 2 is 1.93 bits per heavy atom. The van der Waals surface area contributed by atoms with Crippen LogP contribution in [0.1, 0.15) is 15.9 Å². The molecule has 0 fully saturated rings. The van der Waals surface area contributed by atoms with Gasteiger partial charge in [0.15, 0.2) is 5.78 Å². The Kier molecular flexibility index (Phi) is 5.05. The van der Waals surface area contributed by atoms with Crippen molar-refractivity contribution in [3.8, 4) is 11.6 Å². The van der Waals surface area contributed by atoms with E-state index in [0.29, 0.717) is 16.3 Å². The van der Waals surface area contributed by atoms with Gasteiger partial charge in [0.25, 0.3) is 11.1 Å². The van der Waals surface area contributed by atoms with E-state index in [-0.39, 0.29) is 28.3 Å². The first-order valence-corrected chi connectivity index (χ1v) is 9.47. The first-order chi connectivity index (χ1) is 13.8. The number of benzene rings is 1. The van der Waals surface area contributed by atoms with Crippen molar-refractivity contribution in [2.24, 2.45) is 0 Å². The second-order valence-electron chi connectivity index (χ2n) is 5.88. The lowest BCUT2D eigenvalue weighted by Gasteiger charge is -2.06. The molecule has 3 aromatic heterocycles. The molecule has 29 heavy (non-hydrogen) atoms. The summed E-state index contributed by atoms with van der Waals surface area (Å²) < 4.78 is 45.4. The summed E-state index contributed by atoms with van der Waals surface area (Å²) in [6.07, 6.45) is -1.88. The van der Waals surface area contributed by atoms with Gasteiger partial charge in [0, 0.05) is 16.8 Å². The fourth-order valence-electron chi connectivity index (χ4n) is 2.53. The van der Waals surface area contributed by atoms with Crippen molar-refractivity contribution >= 4 is 34.8 Å². The third kappa shape index (κ3) is 4.13. The van der Waals surface area contributed by atoms with E-state index in [0.717, 1.165) is 23.9 Å². The number of thioether (sulfide) groups is 1. The van der Waals surface area contributed by atoms with E-state index in [1.54, 1.807) is 24.3 Å². The molecular weight excluding hydrogens is 429 g/mol. The standard InChI is InChI=1S/C18H10ClF3N4O2S/c19-12-3-1-10(2-4-12)14(27)9-29-17-25-24-16(28-17)13-8-23-15-7-11(18(20,21)22)5-6-26(13)15/h1-8H,9H2. The zero-order valence-corrected chi connectivity index (χ0v) is 15.9. The third-order valence-corrected chi connectivity index (χ3v) is 5.03. The molecule has 0 unspecified atom stereocenters. The van der Waals surface area contributed by atoms with Crippen molar-refractivity contribution in [2.75, 3.05) is 5.75 Å². The summed E-state index contributed by atoms with van der Waals surface area (Å²) in [4.78, 5) is 16.2. The van der Waals surface area contributed by atoms with Crippen LogP contribution in [-0.2, 0) is 6.18 Å². The van der Waals surface area contributed by atoms with Crippen molar-refractivity contribution in [1.29, 1.82) is 0 Å². The molecule has 0 aliphatic heterocycles. The van der Waals surface area contributed by atoms with Crippen LogP contribution in [0, 0.1) is 0 Å². The zero-order valence-electron chi connectivity index (χ0n) is 14.4. The Morgan fingerprint density at radius 1 is 1.17 bits per heavy atom. The monoisotopic (exact) mass is 438 g/mol. The summed E-state index contributed by atoms with van der Waals surface area (Å²) in [7, 11) is 0. The Bertz CT molecular complexity index is 1190. The van der Waals surface area contributed by atoms with Gasteiger partial charge in [-0.1, -0.05) is 23.4 Å². The minimum Gasteiger partial charge on any atom is -0.410 e. The Hall–Kier alpha value is -2.85. The molecule has 0 aliphatic carbocycles. The summed E-state index contributed by atoms with van der Waals surface area (Å²) in [5.41, 5.74) is 0.144.